The van der Waals surface area contributed by atoms with E-state index >= 15 is 0 Å². The Kier molecular flexibility index (Phi) is 8.05. The molecule has 12 aromatic rings. The Labute approximate surface area is 356 Å². The number of hydrogen-bond acceptors (Lipinski definition) is 4. The summed E-state index contributed by atoms with van der Waals surface area (Å²) in [6, 6.07) is 73.9. The van der Waals surface area contributed by atoms with Crippen LogP contribution in [0.4, 0.5) is 34.1 Å². The SMILES string of the molecule is O=c1c2cc(N(c3ccccc3)c3ccccc3)ccc2n2c3ccc(N(c4ccccc4)c4ccc5c(c4)c4ccccc4n5-c4ccccc4)cc3c(=O)c3cccc1c32. The number of anilines is 6. The Morgan fingerprint density at radius 2 is 0.677 bits per heavy atom. The average molecular weight is 797 g/mol. The molecule has 292 valence electrons. The molecule has 3 aromatic heterocycles. The molecule has 6 heteroatoms. The van der Waals surface area contributed by atoms with Crippen molar-refractivity contribution in [2.75, 3.05) is 9.80 Å². The fraction of sp³-hybridized carbons (Fsp3) is 0. The van der Waals surface area contributed by atoms with Gasteiger partial charge in [-0.2, -0.15) is 0 Å². The van der Waals surface area contributed by atoms with Crippen molar-refractivity contribution < 1.29 is 0 Å². The second-order valence-corrected chi connectivity index (χ2v) is 15.7. The second kappa shape index (κ2) is 14.1. The Hall–Kier alpha value is -8.48. The minimum Gasteiger partial charge on any atom is -0.310 e. The first-order chi connectivity index (χ1) is 30.6. The van der Waals surface area contributed by atoms with Crippen molar-refractivity contribution >= 4 is 94.0 Å². The largest absolute Gasteiger partial charge is 0.310 e. The van der Waals surface area contributed by atoms with E-state index < -0.39 is 0 Å². The van der Waals surface area contributed by atoms with Gasteiger partial charge in [-0.3, -0.25) is 9.59 Å². The van der Waals surface area contributed by atoms with Crippen molar-refractivity contribution in [1.29, 1.82) is 0 Å². The van der Waals surface area contributed by atoms with Gasteiger partial charge in [0.1, 0.15) is 0 Å². The summed E-state index contributed by atoms with van der Waals surface area (Å²) >= 11 is 0. The van der Waals surface area contributed by atoms with Crippen LogP contribution in [0.2, 0.25) is 0 Å². The average Bonchev–Trinajstić information content (AvgIpc) is 3.67. The van der Waals surface area contributed by atoms with E-state index in [2.05, 4.69) is 134 Å². The molecule has 0 bridgehead atoms. The van der Waals surface area contributed by atoms with Gasteiger partial charge in [0.15, 0.2) is 10.9 Å². The van der Waals surface area contributed by atoms with Gasteiger partial charge in [0, 0.05) is 72.1 Å². The molecule has 0 unspecified atom stereocenters. The maximum Gasteiger partial charge on any atom is 0.197 e. The van der Waals surface area contributed by atoms with Crippen LogP contribution in [0, 0.1) is 0 Å². The van der Waals surface area contributed by atoms with Crippen LogP contribution < -0.4 is 20.7 Å². The molecule has 0 spiro atoms. The van der Waals surface area contributed by atoms with Crippen LogP contribution in [0.25, 0.3) is 65.6 Å². The van der Waals surface area contributed by atoms with Crippen molar-refractivity contribution in [3.8, 4) is 5.69 Å². The molecule has 0 N–H and O–H groups in total. The van der Waals surface area contributed by atoms with Crippen LogP contribution in [0.15, 0.2) is 228 Å². The first-order valence-corrected chi connectivity index (χ1v) is 20.8. The summed E-state index contributed by atoms with van der Waals surface area (Å²) < 4.78 is 4.42. The van der Waals surface area contributed by atoms with Crippen molar-refractivity contribution in [1.82, 2.24) is 8.97 Å². The number of pyridine rings is 2. The lowest BCUT2D eigenvalue weighted by Gasteiger charge is -2.26. The van der Waals surface area contributed by atoms with Gasteiger partial charge in [-0.05, 0) is 121 Å². The van der Waals surface area contributed by atoms with Crippen molar-refractivity contribution in [3.63, 3.8) is 0 Å². The Bertz CT molecular complexity index is 3750. The summed E-state index contributed by atoms with van der Waals surface area (Å²) in [6.07, 6.45) is 0. The van der Waals surface area contributed by atoms with Crippen LogP contribution in [0.5, 0.6) is 0 Å². The lowest BCUT2D eigenvalue weighted by Crippen LogP contribution is -2.16. The summed E-state index contributed by atoms with van der Waals surface area (Å²) in [6.45, 7) is 0. The minimum atomic E-state index is -0.114. The van der Waals surface area contributed by atoms with Gasteiger partial charge in [-0.15, -0.1) is 0 Å². The highest BCUT2D eigenvalue weighted by Crippen LogP contribution is 2.41. The van der Waals surface area contributed by atoms with Gasteiger partial charge in [-0.25, -0.2) is 0 Å². The second-order valence-electron chi connectivity index (χ2n) is 15.7. The predicted octanol–water partition coefficient (Wildman–Crippen LogP) is 13.6. The van der Waals surface area contributed by atoms with E-state index in [4.69, 9.17) is 0 Å². The van der Waals surface area contributed by atoms with Crippen molar-refractivity contribution in [2.45, 2.75) is 0 Å². The Balaban J connectivity index is 1.08. The third-order valence-corrected chi connectivity index (χ3v) is 12.2. The molecule has 12 rings (SSSR count). The van der Waals surface area contributed by atoms with Gasteiger partial charge in [0.05, 0.1) is 27.6 Å². The summed E-state index contributed by atoms with van der Waals surface area (Å²) in [4.78, 5) is 33.7. The number of nitrogens with zero attached hydrogens (tertiary/aromatic N) is 4. The quantitative estimate of drug-likeness (QED) is 0.119. The fourth-order valence-electron chi connectivity index (χ4n) is 9.47. The van der Waals surface area contributed by atoms with Crippen LogP contribution in [-0.4, -0.2) is 8.97 Å². The zero-order valence-electron chi connectivity index (χ0n) is 33.4. The molecule has 0 fully saturated rings. The molecule has 3 heterocycles. The number of rotatable bonds is 7. The lowest BCUT2D eigenvalue weighted by atomic mass is 10.0. The number of para-hydroxylation sites is 6. The molecule has 9 aromatic carbocycles. The normalized spacial score (nSPS) is 11.7. The van der Waals surface area contributed by atoms with E-state index in [-0.39, 0.29) is 10.9 Å². The smallest absolute Gasteiger partial charge is 0.197 e. The maximum absolute atomic E-state index is 14.8. The van der Waals surface area contributed by atoms with Crippen LogP contribution >= 0.6 is 0 Å². The molecule has 0 saturated heterocycles. The third kappa shape index (κ3) is 5.44. The molecule has 6 nitrogen and oxygen atoms in total. The van der Waals surface area contributed by atoms with E-state index in [0.29, 0.717) is 27.1 Å². The number of aromatic nitrogens is 2. The summed E-state index contributed by atoms with van der Waals surface area (Å²) in [5, 5.41) is 4.44. The standard InChI is InChI=1S/C56H36N4O2/c61-55-45-25-15-26-46-54(45)60(52-32-29-42(35-48(52)55)57(37-16-5-1-6-17-37)38-18-7-2-8-19-38)53-33-30-43(36-49(53)56(46)62)58(39-20-9-3-10-21-39)41-28-31-51-47(34-41)44-24-13-14-27-50(44)59(51)40-22-11-4-12-23-40/h1-36H. The monoisotopic (exact) mass is 796 g/mol. The molecular weight excluding hydrogens is 761 g/mol. The maximum atomic E-state index is 14.8. The fourth-order valence-corrected chi connectivity index (χ4v) is 9.47. The molecule has 0 aliphatic rings. The number of fused-ring (bicyclic) bond motifs is 7. The van der Waals surface area contributed by atoms with Gasteiger partial charge >= 0.3 is 0 Å². The molecule has 0 aliphatic carbocycles. The first-order valence-electron chi connectivity index (χ1n) is 20.8. The molecular formula is C56H36N4O2. The molecule has 0 amide bonds. The predicted molar refractivity (Wildman–Crippen MR) is 257 cm³/mol. The molecule has 62 heavy (non-hydrogen) atoms. The zero-order chi connectivity index (χ0) is 41.3. The van der Waals surface area contributed by atoms with Gasteiger partial charge in [-0.1, -0.05) is 97.1 Å². The van der Waals surface area contributed by atoms with Crippen LogP contribution in [0.1, 0.15) is 0 Å². The number of hydrogen-bond donors (Lipinski definition) is 0. The molecule has 0 atom stereocenters. The molecule has 0 saturated carbocycles. The van der Waals surface area contributed by atoms with Crippen molar-refractivity contribution in [3.05, 3.63) is 239 Å². The molecule has 0 aliphatic heterocycles. The van der Waals surface area contributed by atoms with Gasteiger partial charge < -0.3 is 18.8 Å². The molecule has 0 radical (unpaired) electrons. The highest BCUT2D eigenvalue weighted by molar-refractivity contribution is 6.12. The van der Waals surface area contributed by atoms with E-state index in [0.717, 1.165) is 72.7 Å². The van der Waals surface area contributed by atoms with E-state index in [1.165, 1.54) is 0 Å². The summed E-state index contributed by atoms with van der Waals surface area (Å²) in [5.41, 5.74) is 10.8. The minimum absolute atomic E-state index is 0.108. The van der Waals surface area contributed by atoms with Crippen LogP contribution in [-0.2, 0) is 0 Å². The highest BCUT2D eigenvalue weighted by atomic mass is 16.1. The van der Waals surface area contributed by atoms with E-state index in [1.54, 1.807) is 0 Å². The Morgan fingerprint density at radius 1 is 0.290 bits per heavy atom. The van der Waals surface area contributed by atoms with Crippen LogP contribution in [0.3, 0.4) is 0 Å². The topological polar surface area (TPSA) is 50.0 Å². The first kappa shape index (κ1) is 35.5. The van der Waals surface area contributed by atoms with Gasteiger partial charge in [0.2, 0.25) is 0 Å². The van der Waals surface area contributed by atoms with Crippen molar-refractivity contribution in [2.24, 2.45) is 0 Å². The third-order valence-electron chi connectivity index (χ3n) is 12.2. The summed E-state index contributed by atoms with van der Waals surface area (Å²) in [5.74, 6) is 0. The van der Waals surface area contributed by atoms with E-state index in [1.807, 2.05) is 103 Å². The number of benzene rings is 9. The highest BCUT2D eigenvalue weighted by Gasteiger charge is 2.22. The van der Waals surface area contributed by atoms with E-state index in [9.17, 15) is 9.59 Å². The Morgan fingerprint density at radius 3 is 1.19 bits per heavy atom. The zero-order valence-corrected chi connectivity index (χ0v) is 33.4. The van der Waals surface area contributed by atoms with Gasteiger partial charge in [0.25, 0.3) is 0 Å². The lowest BCUT2D eigenvalue weighted by molar-refractivity contribution is 1.18. The summed E-state index contributed by atoms with van der Waals surface area (Å²) in [7, 11) is 0.